The zero-order valence-corrected chi connectivity index (χ0v) is 31.6. The zero-order chi connectivity index (χ0) is 42.1. The Labute approximate surface area is 323 Å². The first-order valence-corrected chi connectivity index (χ1v) is 18.3. The summed E-state index contributed by atoms with van der Waals surface area (Å²) < 4.78 is 31.7. The van der Waals surface area contributed by atoms with Gasteiger partial charge in [-0.05, 0) is 68.5 Å². The van der Waals surface area contributed by atoms with Crippen molar-refractivity contribution < 1.29 is 52.2 Å². The number of likely N-dealkylation sites (tertiary alicyclic amines) is 1. The Balaban J connectivity index is 0.00000141. The first-order chi connectivity index (χ1) is 26.3. The summed E-state index contributed by atoms with van der Waals surface area (Å²) >= 11 is 0. The molecule has 0 unspecified atom stereocenters. The second kappa shape index (κ2) is 22.5. The van der Waals surface area contributed by atoms with Crippen LogP contribution in [0.1, 0.15) is 63.5 Å². The minimum atomic E-state index is -5.08. The van der Waals surface area contributed by atoms with E-state index < -0.39 is 65.5 Å². The number of carboxylic acids is 2. The third-order valence-electron chi connectivity index (χ3n) is 9.09. The maximum Gasteiger partial charge on any atom is 0.490 e. The summed E-state index contributed by atoms with van der Waals surface area (Å²) in [7, 11) is 0. The van der Waals surface area contributed by atoms with Gasteiger partial charge in [0.05, 0.1) is 6.04 Å². The van der Waals surface area contributed by atoms with E-state index in [-0.39, 0.29) is 57.0 Å². The molecule has 1 heterocycles. The van der Waals surface area contributed by atoms with Crippen LogP contribution in [0.25, 0.3) is 0 Å². The average Bonchev–Trinajstić information content (AvgIpc) is 3.14. The van der Waals surface area contributed by atoms with Crippen LogP contribution in [0.15, 0.2) is 60.7 Å². The van der Waals surface area contributed by atoms with E-state index in [1.165, 1.54) is 4.90 Å². The molecule has 1 saturated heterocycles. The van der Waals surface area contributed by atoms with E-state index in [0.29, 0.717) is 25.8 Å². The van der Waals surface area contributed by atoms with Crippen LogP contribution in [-0.2, 0) is 41.6 Å². The number of aliphatic carboxylic acids is 2. The van der Waals surface area contributed by atoms with Gasteiger partial charge in [0.2, 0.25) is 23.6 Å². The van der Waals surface area contributed by atoms with Crippen LogP contribution in [0.5, 0.6) is 0 Å². The Bertz CT molecular complexity index is 1590. The summed E-state index contributed by atoms with van der Waals surface area (Å²) in [6, 6.07) is 14.7. The molecule has 0 aromatic heterocycles. The van der Waals surface area contributed by atoms with Gasteiger partial charge in [-0.25, -0.2) is 4.79 Å². The van der Waals surface area contributed by atoms with Gasteiger partial charge in [-0.2, -0.15) is 13.2 Å². The Kier molecular flexibility index (Phi) is 18.9. The zero-order valence-electron chi connectivity index (χ0n) is 31.6. The molecule has 4 amide bonds. The highest BCUT2D eigenvalue weighted by atomic mass is 19.4. The standard InChI is InChI=1S/C36H53N7O6.C2HF3O2/c1-24(2)21-29(32(45)40-28(15-9-10-18-37)34(47)43-19-16-36(39,17-20-43)35(48)49)42-33(46)30(23-26-13-7-4-8-14-26)41-31(44)27(38)22-25-11-5-3-6-12-25;3-2(4,5)1(6)7/h3-8,11-14,24,27-30H,9-10,15-23,37-39H2,1-2H3,(H,40,45)(H,41,44)(H,42,46)(H,48,49);(H,6,7)/t27-,28+,29-,30-;/m1./s1. The summed E-state index contributed by atoms with van der Waals surface area (Å²) in [4.78, 5) is 76.6. The van der Waals surface area contributed by atoms with Gasteiger partial charge in [-0.15, -0.1) is 0 Å². The van der Waals surface area contributed by atoms with Gasteiger partial charge in [0.1, 0.15) is 23.7 Å². The van der Waals surface area contributed by atoms with Crippen LogP contribution >= 0.6 is 0 Å². The molecule has 0 saturated carbocycles. The first-order valence-electron chi connectivity index (χ1n) is 18.3. The lowest BCUT2D eigenvalue weighted by Crippen LogP contribution is -2.60. The number of unbranched alkanes of at least 4 members (excludes halogenated alkanes) is 1. The molecule has 18 heteroatoms. The van der Waals surface area contributed by atoms with Gasteiger partial charge < -0.3 is 48.3 Å². The van der Waals surface area contributed by atoms with Crippen molar-refractivity contribution in [1.29, 1.82) is 0 Å². The number of nitrogens with one attached hydrogen (secondary N) is 3. The van der Waals surface area contributed by atoms with E-state index in [9.17, 15) is 42.3 Å². The lowest BCUT2D eigenvalue weighted by molar-refractivity contribution is -0.192. The Hall–Kier alpha value is -5.07. The number of nitrogens with two attached hydrogens (primary N) is 3. The lowest BCUT2D eigenvalue weighted by atomic mass is 9.88. The number of nitrogens with zero attached hydrogens (tertiary/aromatic N) is 1. The third kappa shape index (κ3) is 16.0. The molecule has 2 aromatic rings. The van der Waals surface area contributed by atoms with Crippen molar-refractivity contribution in [3.63, 3.8) is 0 Å². The monoisotopic (exact) mass is 793 g/mol. The molecule has 0 aliphatic carbocycles. The van der Waals surface area contributed by atoms with Crippen LogP contribution in [0.3, 0.4) is 0 Å². The number of rotatable bonds is 18. The van der Waals surface area contributed by atoms with Crippen LogP contribution in [0, 0.1) is 5.92 Å². The number of benzene rings is 2. The van der Waals surface area contributed by atoms with Crippen LogP contribution < -0.4 is 33.2 Å². The largest absolute Gasteiger partial charge is 0.490 e. The first kappa shape index (κ1) is 47.1. The molecule has 1 aliphatic rings. The number of piperidine rings is 1. The van der Waals surface area contributed by atoms with Crippen molar-refractivity contribution in [3.8, 4) is 0 Å². The second-order valence-corrected chi connectivity index (χ2v) is 14.2. The van der Waals surface area contributed by atoms with Gasteiger partial charge in [0, 0.05) is 19.5 Å². The highest BCUT2D eigenvalue weighted by Crippen LogP contribution is 2.21. The molecular formula is C38H54F3N7O8. The molecule has 4 atom stereocenters. The Morgan fingerprint density at radius 3 is 1.70 bits per heavy atom. The molecule has 3 rings (SSSR count). The van der Waals surface area contributed by atoms with Crippen LogP contribution in [0.4, 0.5) is 13.2 Å². The highest BCUT2D eigenvalue weighted by molar-refractivity contribution is 5.95. The maximum absolute atomic E-state index is 13.9. The normalized spacial score (nSPS) is 15.9. The van der Waals surface area contributed by atoms with Crippen molar-refractivity contribution in [2.75, 3.05) is 19.6 Å². The van der Waals surface area contributed by atoms with Crippen molar-refractivity contribution in [3.05, 3.63) is 71.8 Å². The molecule has 2 aromatic carbocycles. The highest BCUT2D eigenvalue weighted by Gasteiger charge is 2.41. The molecule has 1 aliphatic heterocycles. The summed E-state index contributed by atoms with van der Waals surface area (Å²) in [5.41, 5.74) is 18.2. The summed E-state index contributed by atoms with van der Waals surface area (Å²) in [6.07, 6.45) is -2.64. The number of hydrogen-bond donors (Lipinski definition) is 8. The fraction of sp³-hybridized carbons (Fsp3) is 0.526. The van der Waals surface area contributed by atoms with E-state index in [2.05, 4.69) is 16.0 Å². The fourth-order valence-electron chi connectivity index (χ4n) is 5.86. The third-order valence-corrected chi connectivity index (χ3v) is 9.09. The van der Waals surface area contributed by atoms with Gasteiger partial charge >= 0.3 is 18.1 Å². The second-order valence-electron chi connectivity index (χ2n) is 14.2. The van der Waals surface area contributed by atoms with Crippen molar-refractivity contribution >= 4 is 35.6 Å². The molecule has 15 nitrogen and oxygen atoms in total. The van der Waals surface area contributed by atoms with E-state index in [1.807, 2.05) is 74.5 Å². The quantitative estimate of drug-likeness (QED) is 0.100. The number of carbonyl (C=O) groups is 6. The topological polar surface area (TPSA) is 260 Å². The van der Waals surface area contributed by atoms with E-state index in [0.717, 1.165) is 11.1 Å². The molecule has 56 heavy (non-hydrogen) atoms. The summed E-state index contributed by atoms with van der Waals surface area (Å²) in [5, 5.41) is 25.1. The number of alkyl halides is 3. The molecule has 1 fully saturated rings. The predicted octanol–water partition coefficient (Wildman–Crippen LogP) is 1.47. The molecule has 310 valence electrons. The fourth-order valence-corrected chi connectivity index (χ4v) is 5.86. The van der Waals surface area contributed by atoms with Gasteiger partial charge in [0.25, 0.3) is 0 Å². The predicted molar refractivity (Wildman–Crippen MR) is 200 cm³/mol. The Morgan fingerprint density at radius 2 is 1.23 bits per heavy atom. The minimum Gasteiger partial charge on any atom is -0.480 e. The minimum absolute atomic E-state index is 0.000286. The van der Waals surface area contributed by atoms with E-state index in [1.54, 1.807) is 0 Å². The molecule has 0 radical (unpaired) electrons. The maximum atomic E-state index is 13.9. The molecule has 0 spiro atoms. The number of carboxylic acid groups (broad SMARTS) is 2. The van der Waals surface area contributed by atoms with Crippen LogP contribution in [0.2, 0.25) is 0 Å². The van der Waals surface area contributed by atoms with Gasteiger partial charge in [-0.3, -0.25) is 24.0 Å². The van der Waals surface area contributed by atoms with Crippen molar-refractivity contribution in [2.45, 2.75) is 101 Å². The lowest BCUT2D eigenvalue weighted by Gasteiger charge is -2.38. The van der Waals surface area contributed by atoms with Crippen LogP contribution in [-0.4, -0.2) is 106 Å². The van der Waals surface area contributed by atoms with Crippen molar-refractivity contribution in [2.24, 2.45) is 23.1 Å². The average molecular weight is 794 g/mol. The van der Waals surface area contributed by atoms with E-state index in [4.69, 9.17) is 27.1 Å². The van der Waals surface area contributed by atoms with Crippen molar-refractivity contribution in [1.82, 2.24) is 20.9 Å². The van der Waals surface area contributed by atoms with Gasteiger partial charge in [-0.1, -0.05) is 74.5 Å². The van der Waals surface area contributed by atoms with E-state index >= 15 is 0 Å². The van der Waals surface area contributed by atoms with Gasteiger partial charge in [0.15, 0.2) is 0 Å². The molecular weight excluding hydrogens is 739 g/mol. The summed E-state index contributed by atoms with van der Waals surface area (Å²) in [5.74, 6) is -5.79. The smallest absolute Gasteiger partial charge is 0.480 e. The SMILES string of the molecule is CC(C)C[C@@H](NC(=O)[C@@H](Cc1ccccc1)NC(=O)[C@H](N)Cc1ccccc1)C(=O)N[C@@H](CCCCN)C(=O)N1CCC(N)(C(=O)O)CC1.O=C(O)C(F)(F)F. The Morgan fingerprint density at radius 1 is 0.768 bits per heavy atom. The number of amides is 4. The molecule has 11 N–H and O–H groups in total. The number of carbonyl (C=O) groups excluding carboxylic acids is 4. The number of halogens is 3. The summed E-state index contributed by atoms with van der Waals surface area (Å²) in [6.45, 7) is 4.53. The number of hydrogen-bond acceptors (Lipinski definition) is 9. The molecule has 0 bridgehead atoms.